The second-order valence-corrected chi connectivity index (χ2v) is 6.36. The van der Waals surface area contributed by atoms with E-state index in [1.807, 2.05) is 0 Å². The highest BCUT2D eigenvalue weighted by molar-refractivity contribution is 6.33. The van der Waals surface area contributed by atoms with E-state index in [4.69, 9.17) is 21.4 Å². The van der Waals surface area contributed by atoms with Crippen LogP contribution in [0.2, 0.25) is 5.02 Å². The average molecular weight is 419 g/mol. The number of H-pyrrole nitrogens is 1. The summed E-state index contributed by atoms with van der Waals surface area (Å²) in [6.07, 6.45) is 2.65. The van der Waals surface area contributed by atoms with Gasteiger partial charge in [0.2, 0.25) is 0 Å². The van der Waals surface area contributed by atoms with Crippen molar-refractivity contribution in [1.29, 1.82) is 0 Å². The van der Waals surface area contributed by atoms with E-state index in [1.165, 1.54) is 36.2 Å². The molecule has 0 saturated heterocycles. The molecule has 0 aliphatic carbocycles. The smallest absolute Gasteiger partial charge is 0.341 e. The molecule has 0 spiro atoms. The van der Waals surface area contributed by atoms with Gasteiger partial charge in [0.15, 0.2) is 0 Å². The molecule has 0 bridgehead atoms. The van der Waals surface area contributed by atoms with Crippen molar-refractivity contribution in [3.8, 4) is 16.9 Å². The number of carboxylic acids is 1. The molecule has 0 aromatic heterocycles. The molecule has 0 fully saturated rings. The van der Waals surface area contributed by atoms with Crippen molar-refractivity contribution in [2.24, 2.45) is 0 Å². The van der Waals surface area contributed by atoms with Crippen molar-refractivity contribution in [2.75, 3.05) is 13.7 Å². The Morgan fingerprint density at radius 2 is 2.03 bits per heavy atom. The van der Waals surface area contributed by atoms with Gasteiger partial charge < -0.3 is 19.7 Å². The molecule has 3 N–H and O–H groups in total. The van der Waals surface area contributed by atoms with Crippen molar-refractivity contribution >= 4 is 29.4 Å². The number of benzene rings is 1. The summed E-state index contributed by atoms with van der Waals surface area (Å²) in [6, 6.07) is 4.52. The topological polar surface area (TPSA) is 143 Å². The van der Waals surface area contributed by atoms with Gasteiger partial charge >= 0.3 is 11.9 Å². The Kier molecular flexibility index (Phi) is 5.64. The molecule has 29 heavy (non-hydrogen) atoms. The van der Waals surface area contributed by atoms with Gasteiger partial charge in [-0.25, -0.2) is 9.89 Å². The van der Waals surface area contributed by atoms with Crippen LogP contribution in [-0.4, -0.2) is 51.4 Å². The number of hydrogen-bond donors (Lipinski definition) is 3. The molecule has 1 amide bonds. The van der Waals surface area contributed by atoms with Crippen LogP contribution in [0.3, 0.4) is 0 Å². The minimum atomic E-state index is -1.04. The van der Waals surface area contributed by atoms with Crippen LogP contribution in [-0.2, 0) is 9.53 Å². The van der Waals surface area contributed by atoms with Crippen molar-refractivity contribution in [2.45, 2.75) is 6.42 Å². The normalized spacial score (nSPS) is 10.7. The summed E-state index contributed by atoms with van der Waals surface area (Å²) < 4.78 is 6.22. The molecule has 1 aromatic rings. The molecule has 11 heteroatoms. The van der Waals surface area contributed by atoms with Crippen LogP contribution in [0.25, 0.3) is 16.9 Å². The van der Waals surface area contributed by atoms with Crippen molar-refractivity contribution in [3.05, 3.63) is 57.1 Å². The van der Waals surface area contributed by atoms with Gasteiger partial charge in [-0.05, 0) is 18.2 Å². The molecule has 0 saturated carbocycles. The van der Waals surface area contributed by atoms with Crippen LogP contribution >= 0.6 is 11.6 Å². The zero-order chi connectivity index (χ0) is 21.1. The molecule has 3 rings (SSSR count). The lowest BCUT2D eigenvalue weighted by molar-refractivity contribution is -0.136. The molecule has 10 nitrogen and oxygen atoms in total. The number of esters is 1. The maximum Gasteiger partial charge on any atom is 0.341 e. The predicted molar refractivity (Wildman–Crippen MR) is 102 cm³/mol. The first-order chi connectivity index (χ1) is 13.8. The summed E-state index contributed by atoms with van der Waals surface area (Å²) in [5.74, 6) is -2.28. The highest BCUT2D eigenvalue weighted by atomic mass is 35.5. The van der Waals surface area contributed by atoms with Gasteiger partial charge in [-0.2, -0.15) is 5.10 Å². The largest absolute Gasteiger partial charge is 0.481 e. The maximum absolute atomic E-state index is 12.3. The zero-order valence-electron chi connectivity index (χ0n) is 15.1. The Labute approximate surface area is 168 Å². The fourth-order valence-electron chi connectivity index (χ4n) is 2.67. The number of amides is 1. The number of aromatic nitrogens is 3. The number of aromatic amines is 1. The number of fused-ring (bicyclic) bond motifs is 1. The fraction of sp³-hybridized carbons (Fsp3) is 0.167. The van der Waals surface area contributed by atoms with E-state index < -0.39 is 23.4 Å². The number of hydrogen-bond acceptors (Lipinski definition) is 6. The van der Waals surface area contributed by atoms with E-state index in [0.717, 1.165) is 0 Å². The molecule has 0 radical (unpaired) electrons. The first kappa shape index (κ1) is 20.1. The Balaban J connectivity index is 2.04. The van der Waals surface area contributed by atoms with Gasteiger partial charge in [0, 0.05) is 24.6 Å². The number of rotatable bonds is 6. The first-order valence-electron chi connectivity index (χ1n) is 8.30. The molecule has 2 heterocycles. The second-order valence-electron chi connectivity index (χ2n) is 5.95. The quantitative estimate of drug-likeness (QED) is 0.512. The highest BCUT2D eigenvalue weighted by Gasteiger charge is 2.22. The van der Waals surface area contributed by atoms with Crippen LogP contribution < -0.4 is 10.9 Å². The van der Waals surface area contributed by atoms with Crippen molar-refractivity contribution in [1.82, 2.24) is 20.1 Å². The summed E-state index contributed by atoms with van der Waals surface area (Å²) in [5, 5.41) is 17.4. The van der Waals surface area contributed by atoms with Gasteiger partial charge in [-0.1, -0.05) is 11.6 Å². The number of aliphatic carboxylic acids is 1. The lowest BCUT2D eigenvalue weighted by atomic mass is 10.1. The number of carboxylic acid groups (broad SMARTS) is 1. The van der Waals surface area contributed by atoms with E-state index in [-0.39, 0.29) is 40.4 Å². The number of carbonyl (C=O) groups is 3. The third kappa shape index (κ3) is 4.11. The molecule has 0 unspecified atom stereocenters. The molecular weight excluding hydrogens is 404 g/mol. The molecule has 1 aromatic carbocycles. The number of carbonyl (C=O) groups excluding carboxylic acids is 2. The van der Waals surface area contributed by atoms with E-state index in [0.29, 0.717) is 5.69 Å². The monoisotopic (exact) mass is 418 g/mol. The molecule has 2 aliphatic heterocycles. The third-order valence-electron chi connectivity index (χ3n) is 4.08. The Hall–Kier alpha value is -3.66. The lowest BCUT2D eigenvalue weighted by Crippen LogP contribution is -2.26. The summed E-state index contributed by atoms with van der Waals surface area (Å²) in [7, 11) is 1.21. The molecule has 150 valence electrons. The number of nitrogens with zero attached hydrogens (tertiary/aromatic N) is 2. The maximum atomic E-state index is 12.3. The second kappa shape index (κ2) is 8.15. The molecule has 0 atom stereocenters. The van der Waals surface area contributed by atoms with Crippen LogP contribution in [0.1, 0.15) is 27.1 Å². The average Bonchev–Trinajstić information content (AvgIpc) is 3.07. The lowest BCUT2D eigenvalue weighted by Gasteiger charge is -2.13. The number of nitrogens with one attached hydrogen (secondary N) is 2. The van der Waals surface area contributed by atoms with Crippen LogP contribution in [0.5, 0.6) is 0 Å². The number of pyridine rings is 1. The Morgan fingerprint density at radius 1 is 1.28 bits per heavy atom. The SMILES string of the molecule is COC(=O)c1cn(-c2ccc(Cl)c(C(=O)NCCC(=O)O)c2)cc2c(=O)[nH]nc1-2. The minimum absolute atomic E-state index is 0.0606. The Morgan fingerprint density at radius 3 is 2.72 bits per heavy atom. The number of halogens is 1. The van der Waals surface area contributed by atoms with E-state index in [1.54, 1.807) is 6.07 Å². The van der Waals surface area contributed by atoms with Crippen molar-refractivity contribution in [3.63, 3.8) is 0 Å². The summed E-state index contributed by atoms with van der Waals surface area (Å²) >= 11 is 6.10. The van der Waals surface area contributed by atoms with E-state index in [9.17, 15) is 19.2 Å². The van der Waals surface area contributed by atoms with E-state index >= 15 is 0 Å². The Bertz CT molecular complexity index is 1140. The molecule has 2 aliphatic rings. The highest BCUT2D eigenvalue weighted by Crippen LogP contribution is 2.25. The zero-order valence-corrected chi connectivity index (χ0v) is 15.8. The summed E-state index contributed by atoms with van der Waals surface area (Å²) in [4.78, 5) is 47.0. The third-order valence-corrected chi connectivity index (χ3v) is 4.41. The molecular formula is C18H15ClN4O6. The standard InChI is InChI=1S/C18H15ClN4O6/c1-29-18(28)12-8-23(7-11-15(12)21-22-17(11)27)9-2-3-13(19)10(6-9)16(26)20-5-4-14(24)25/h2-3,6-8H,4-5H2,1H3,(H,20,26)(H,22,27)(H,24,25). The summed E-state index contributed by atoms with van der Waals surface area (Å²) in [5.41, 5.74) is 0.446. The van der Waals surface area contributed by atoms with Crippen molar-refractivity contribution < 1.29 is 24.2 Å². The number of ether oxygens (including phenoxy) is 1. The number of methoxy groups -OCH3 is 1. The van der Waals surface area contributed by atoms with Gasteiger partial charge in [-0.3, -0.25) is 14.4 Å². The predicted octanol–water partition coefficient (Wildman–Crippen LogP) is 1.31. The van der Waals surface area contributed by atoms with Crippen LogP contribution in [0, 0.1) is 0 Å². The van der Waals surface area contributed by atoms with Gasteiger partial charge in [0.1, 0.15) is 11.3 Å². The van der Waals surface area contributed by atoms with Gasteiger partial charge in [0.25, 0.3) is 11.5 Å². The van der Waals surface area contributed by atoms with Gasteiger partial charge in [-0.15, -0.1) is 0 Å². The minimum Gasteiger partial charge on any atom is -0.481 e. The van der Waals surface area contributed by atoms with Gasteiger partial charge in [0.05, 0.1) is 29.7 Å². The summed E-state index contributed by atoms with van der Waals surface area (Å²) in [6.45, 7) is -0.0606. The van der Waals surface area contributed by atoms with Crippen LogP contribution in [0.15, 0.2) is 35.4 Å². The van der Waals surface area contributed by atoms with Crippen LogP contribution in [0.4, 0.5) is 0 Å². The van der Waals surface area contributed by atoms with E-state index in [2.05, 4.69) is 15.5 Å². The first-order valence-corrected chi connectivity index (χ1v) is 8.68. The fourth-order valence-corrected chi connectivity index (χ4v) is 2.87.